The molecule has 0 amide bonds. The lowest BCUT2D eigenvalue weighted by molar-refractivity contribution is -0.385. The van der Waals surface area contributed by atoms with Gasteiger partial charge >= 0.3 is 6.18 Å². The van der Waals surface area contributed by atoms with Crippen LogP contribution in [0.5, 0.6) is 5.75 Å². The van der Waals surface area contributed by atoms with Crippen LogP contribution in [0.25, 0.3) is 0 Å². The highest BCUT2D eigenvalue weighted by atomic mass is 19.4. The smallest absolute Gasteiger partial charge is 0.422 e. The molecule has 0 unspecified atom stereocenters. The van der Waals surface area contributed by atoms with Gasteiger partial charge < -0.3 is 4.74 Å². The molecule has 0 saturated carbocycles. The summed E-state index contributed by atoms with van der Waals surface area (Å²) in [5, 5.41) is 10.2. The third-order valence-electron chi connectivity index (χ3n) is 1.52. The van der Waals surface area contributed by atoms with Crippen LogP contribution in [0, 0.1) is 15.9 Å². The second kappa shape index (κ2) is 4.33. The first-order valence-electron chi connectivity index (χ1n) is 3.93. The fourth-order valence-corrected chi connectivity index (χ4v) is 0.880. The van der Waals surface area contributed by atoms with E-state index in [0.717, 1.165) is 12.1 Å². The number of hydrogen-bond donors (Lipinski definition) is 0. The van der Waals surface area contributed by atoms with Gasteiger partial charge in [-0.3, -0.25) is 10.1 Å². The minimum atomic E-state index is -4.59. The van der Waals surface area contributed by atoms with Crippen molar-refractivity contribution in [2.24, 2.45) is 0 Å². The summed E-state index contributed by atoms with van der Waals surface area (Å²) in [6.45, 7) is -1.65. The zero-order valence-corrected chi connectivity index (χ0v) is 7.62. The van der Waals surface area contributed by atoms with Gasteiger partial charge in [-0.05, 0) is 6.07 Å². The molecule has 0 aliphatic heterocycles. The molecule has 1 aromatic carbocycles. The molecule has 0 aliphatic rings. The van der Waals surface area contributed by atoms with Gasteiger partial charge in [0.1, 0.15) is 0 Å². The number of non-ortho nitro benzene ring substituents is 1. The molecule has 0 aliphatic carbocycles. The van der Waals surface area contributed by atoms with Crippen LogP contribution in [0.3, 0.4) is 0 Å². The van der Waals surface area contributed by atoms with Gasteiger partial charge in [0.15, 0.2) is 18.2 Å². The number of rotatable bonds is 3. The molecule has 1 rings (SSSR count). The fraction of sp³-hybridized carbons (Fsp3) is 0.250. The summed E-state index contributed by atoms with van der Waals surface area (Å²) >= 11 is 0. The van der Waals surface area contributed by atoms with Crippen molar-refractivity contribution in [3.63, 3.8) is 0 Å². The first-order valence-corrected chi connectivity index (χ1v) is 3.93. The van der Waals surface area contributed by atoms with Gasteiger partial charge in [-0.2, -0.15) is 13.2 Å². The van der Waals surface area contributed by atoms with Crippen LogP contribution < -0.4 is 4.74 Å². The fourth-order valence-electron chi connectivity index (χ4n) is 0.880. The zero-order chi connectivity index (χ0) is 12.3. The maximum Gasteiger partial charge on any atom is 0.422 e. The van der Waals surface area contributed by atoms with E-state index >= 15 is 0 Å². The minimum Gasteiger partial charge on any atom is -0.481 e. The Labute approximate surface area is 86.6 Å². The molecular formula is C8H5F4NO3. The van der Waals surface area contributed by atoms with Crippen molar-refractivity contribution in [3.8, 4) is 5.75 Å². The monoisotopic (exact) mass is 239 g/mol. The summed E-state index contributed by atoms with van der Waals surface area (Å²) in [7, 11) is 0. The molecule has 88 valence electrons. The number of ether oxygens (including phenoxy) is 1. The van der Waals surface area contributed by atoms with E-state index < -0.39 is 35.0 Å². The number of nitro groups is 1. The lowest BCUT2D eigenvalue weighted by Gasteiger charge is -2.09. The average molecular weight is 239 g/mol. The van der Waals surface area contributed by atoms with Gasteiger partial charge in [0.2, 0.25) is 0 Å². The lowest BCUT2D eigenvalue weighted by atomic mass is 10.3. The van der Waals surface area contributed by atoms with Crippen LogP contribution in [0.15, 0.2) is 18.2 Å². The van der Waals surface area contributed by atoms with Crippen molar-refractivity contribution in [2.75, 3.05) is 6.61 Å². The largest absolute Gasteiger partial charge is 0.481 e. The van der Waals surface area contributed by atoms with Crippen molar-refractivity contribution >= 4 is 5.69 Å². The molecule has 8 heteroatoms. The van der Waals surface area contributed by atoms with Gasteiger partial charge in [0.05, 0.1) is 11.0 Å². The average Bonchev–Trinajstić information content (AvgIpc) is 2.14. The zero-order valence-electron chi connectivity index (χ0n) is 7.62. The molecule has 0 aromatic heterocycles. The highest BCUT2D eigenvalue weighted by Gasteiger charge is 2.29. The second-order valence-electron chi connectivity index (χ2n) is 2.78. The summed E-state index contributed by atoms with van der Waals surface area (Å²) in [4.78, 5) is 9.34. The molecule has 0 saturated heterocycles. The molecule has 0 fully saturated rings. The van der Waals surface area contributed by atoms with Gasteiger partial charge in [-0.25, -0.2) is 4.39 Å². The Morgan fingerprint density at radius 1 is 1.38 bits per heavy atom. The molecule has 4 nitrogen and oxygen atoms in total. The Balaban J connectivity index is 2.80. The van der Waals surface area contributed by atoms with Crippen LogP contribution in [0.2, 0.25) is 0 Å². The molecule has 0 atom stereocenters. The predicted molar refractivity (Wildman–Crippen MR) is 44.6 cm³/mol. The van der Waals surface area contributed by atoms with Crippen LogP contribution in [0.1, 0.15) is 0 Å². The molecule has 0 radical (unpaired) electrons. The van der Waals surface area contributed by atoms with Gasteiger partial charge in [-0.1, -0.05) is 0 Å². The molecule has 0 bridgehead atoms. The number of hydrogen-bond acceptors (Lipinski definition) is 3. The van der Waals surface area contributed by atoms with E-state index in [1.54, 1.807) is 0 Å². The first kappa shape index (κ1) is 12.2. The maximum absolute atomic E-state index is 13.0. The van der Waals surface area contributed by atoms with E-state index in [1.165, 1.54) is 0 Å². The van der Waals surface area contributed by atoms with E-state index in [-0.39, 0.29) is 0 Å². The lowest BCUT2D eigenvalue weighted by Crippen LogP contribution is -2.19. The molecule has 16 heavy (non-hydrogen) atoms. The van der Waals surface area contributed by atoms with Crippen LogP contribution in [0.4, 0.5) is 23.2 Å². The van der Waals surface area contributed by atoms with E-state index in [2.05, 4.69) is 4.74 Å². The van der Waals surface area contributed by atoms with E-state index in [0.29, 0.717) is 6.07 Å². The summed E-state index contributed by atoms with van der Waals surface area (Å²) in [5.41, 5.74) is -0.558. The topological polar surface area (TPSA) is 52.4 Å². The Bertz CT molecular complexity index is 405. The van der Waals surface area contributed by atoms with Crippen LogP contribution in [-0.4, -0.2) is 17.7 Å². The van der Waals surface area contributed by atoms with Crippen molar-refractivity contribution in [1.29, 1.82) is 0 Å². The van der Waals surface area contributed by atoms with Crippen LogP contribution in [-0.2, 0) is 0 Å². The number of benzene rings is 1. The molecular weight excluding hydrogens is 234 g/mol. The van der Waals surface area contributed by atoms with Crippen LogP contribution >= 0.6 is 0 Å². The molecule has 1 aromatic rings. The molecule has 0 spiro atoms. The molecule has 0 heterocycles. The van der Waals surface area contributed by atoms with E-state index in [9.17, 15) is 27.7 Å². The predicted octanol–water partition coefficient (Wildman–Crippen LogP) is 2.68. The third kappa shape index (κ3) is 3.37. The van der Waals surface area contributed by atoms with Gasteiger partial charge in [0, 0.05) is 6.07 Å². The van der Waals surface area contributed by atoms with Gasteiger partial charge in [-0.15, -0.1) is 0 Å². The minimum absolute atomic E-state index is 0.492. The first-order chi connectivity index (χ1) is 7.29. The Morgan fingerprint density at radius 3 is 2.44 bits per heavy atom. The number of alkyl halides is 3. The Morgan fingerprint density at radius 2 is 2.00 bits per heavy atom. The second-order valence-corrected chi connectivity index (χ2v) is 2.78. The SMILES string of the molecule is O=[N+]([O-])c1ccc(OCC(F)(F)F)c(F)c1. The third-order valence-corrected chi connectivity index (χ3v) is 1.52. The number of nitro benzene ring substituents is 1. The maximum atomic E-state index is 13.0. The summed E-state index contributed by atoms with van der Waals surface area (Å²) in [6.07, 6.45) is -4.59. The summed E-state index contributed by atoms with van der Waals surface area (Å²) in [5.74, 6) is -1.89. The highest BCUT2D eigenvalue weighted by Crippen LogP contribution is 2.24. The standard InChI is InChI=1S/C8H5F4NO3/c9-6-3-5(13(14)15)1-2-7(6)16-4-8(10,11)12/h1-3H,4H2. The van der Waals surface area contributed by atoms with Crippen molar-refractivity contribution in [3.05, 3.63) is 34.1 Å². The van der Waals surface area contributed by atoms with Crippen molar-refractivity contribution in [1.82, 2.24) is 0 Å². The van der Waals surface area contributed by atoms with E-state index in [1.807, 2.05) is 0 Å². The summed E-state index contributed by atoms with van der Waals surface area (Å²) in [6, 6.07) is 2.12. The summed E-state index contributed by atoms with van der Waals surface area (Å²) < 4.78 is 52.3. The number of nitrogens with zero attached hydrogens (tertiary/aromatic N) is 1. The highest BCUT2D eigenvalue weighted by molar-refractivity contribution is 5.37. The number of halogens is 4. The van der Waals surface area contributed by atoms with Crippen molar-refractivity contribution in [2.45, 2.75) is 6.18 Å². The van der Waals surface area contributed by atoms with Crippen molar-refractivity contribution < 1.29 is 27.2 Å². The normalized spacial score (nSPS) is 11.2. The van der Waals surface area contributed by atoms with E-state index in [4.69, 9.17) is 0 Å². The van der Waals surface area contributed by atoms with Gasteiger partial charge in [0.25, 0.3) is 5.69 Å². The Hall–Kier alpha value is -1.86. The quantitative estimate of drug-likeness (QED) is 0.463. The Kier molecular flexibility index (Phi) is 3.31. The molecule has 0 N–H and O–H groups in total.